The van der Waals surface area contributed by atoms with Crippen LogP contribution < -0.4 is 0 Å². The van der Waals surface area contributed by atoms with Gasteiger partial charge >= 0.3 is 11.9 Å². The number of esters is 1. The molecule has 0 bridgehead atoms. The Morgan fingerprint density at radius 3 is 2.47 bits per heavy atom. The third-order valence-electron chi connectivity index (χ3n) is 3.47. The van der Waals surface area contributed by atoms with Gasteiger partial charge in [0, 0.05) is 19.6 Å². The van der Waals surface area contributed by atoms with E-state index in [1.807, 2.05) is 35.2 Å². The first-order valence-corrected chi connectivity index (χ1v) is 6.18. The molecule has 1 aliphatic rings. The fraction of sp³-hybridized carbons (Fsp3) is 0.429. The first kappa shape index (κ1) is 13.5. The van der Waals surface area contributed by atoms with Crippen molar-refractivity contribution in [1.29, 1.82) is 0 Å². The zero-order valence-corrected chi connectivity index (χ0v) is 10.8. The van der Waals surface area contributed by atoms with Gasteiger partial charge in [-0.15, -0.1) is 0 Å². The second-order valence-corrected chi connectivity index (χ2v) is 4.75. The van der Waals surface area contributed by atoms with E-state index in [1.165, 1.54) is 7.11 Å². The first-order valence-electron chi connectivity index (χ1n) is 6.18. The third kappa shape index (κ3) is 3.12. The van der Waals surface area contributed by atoms with Crippen LogP contribution >= 0.6 is 0 Å². The molecule has 1 aromatic carbocycles. The minimum Gasteiger partial charge on any atom is -0.481 e. The van der Waals surface area contributed by atoms with Crippen LogP contribution in [-0.4, -0.2) is 42.1 Å². The maximum Gasteiger partial charge on any atom is 0.310 e. The average molecular weight is 263 g/mol. The highest BCUT2D eigenvalue weighted by molar-refractivity contribution is 5.82. The number of carbonyl (C=O) groups excluding carboxylic acids is 1. The highest BCUT2D eigenvalue weighted by atomic mass is 16.5. The average Bonchev–Trinajstić information content (AvgIpc) is 2.83. The number of carboxylic acid groups (broad SMARTS) is 1. The summed E-state index contributed by atoms with van der Waals surface area (Å²) in [5.74, 6) is -2.64. The van der Waals surface area contributed by atoms with E-state index in [9.17, 15) is 14.7 Å². The van der Waals surface area contributed by atoms with Crippen molar-refractivity contribution in [3.05, 3.63) is 35.9 Å². The Balaban J connectivity index is 2.05. The molecule has 0 radical (unpaired) electrons. The fourth-order valence-electron chi connectivity index (χ4n) is 2.50. The highest BCUT2D eigenvalue weighted by Crippen LogP contribution is 2.26. The van der Waals surface area contributed by atoms with E-state index < -0.39 is 23.8 Å². The summed E-state index contributed by atoms with van der Waals surface area (Å²) in [6.07, 6.45) is 0. The SMILES string of the molecule is COC(=O)[C@@H]1CN(Cc2ccccc2)C[C@@H]1C(=O)O. The minimum absolute atomic E-state index is 0.379. The Morgan fingerprint density at radius 1 is 1.26 bits per heavy atom. The Kier molecular flexibility index (Phi) is 4.16. The number of benzene rings is 1. The van der Waals surface area contributed by atoms with Crippen LogP contribution in [0, 0.1) is 11.8 Å². The van der Waals surface area contributed by atoms with Crippen molar-refractivity contribution in [2.75, 3.05) is 20.2 Å². The topological polar surface area (TPSA) is 66.8 Å². The van der Waals surface area contributed by atoms with Gasteiger partial charge in [0.2, 0.25) is 0 Å². The van der Waals surface area contributed by atoms with Gasteiger partial charge in [0.25, 0.3) is 0 Å². The van der Waals surface area contributed by atoms with E-state index in [0.29, 0.717) is 19.6 Å². The molecule has 1 aromatic rings. The Bertz CT molecular complexity index is 460. The van der Waals surface area contributed by atoms with Gasteiger partial charge in [0.05, 0.1) is 18.9 Å². The summed E-state index contributed by atoms with van der Waals surface area (Å²) in [7, 11) is 1.29. The monoisotopic (exact) mass is 263 g/mol. The lowest BCUT2D eigenvalue weighted by Gasteiger charge is -2.15. The van der Waals surface area contributed by atoms with Crippen LogP contribution in [0.25, 0.3) is 0 Å². The standard InChI is InChI=1S/C14H17NO4/c1-19-14(18)12-9-15(8-11(12)13(16)17)7-10-5-3-2-4-6-10/h2-6,11-12H,7-9H2,1H3,(H,16,17)/t11-,12+/m0/s1. The van der Waals surface area contributed by atoms with Gasteiger partial charge in [0.15, 0.2) is 0 Å². The lowest BCUT2D eigenvalue weighted by Crippen LogP contribution is -2.29. The molecule has 2 atom stereocenters. The van der Waals surface area contributed by atoms with Crippen LogP contribution in [0.5, 0.6) is 0 Å². The van der Waals surface area contributed by atoms with Gasteiger partial charge in [-0.3, -0.25) is 14.5 Å². The summed E-state index contributed by atoms with van der Waals surface area (Å²) in [5.41, 5.74) is 1.11. The molecule has 1 aliphatic heterocycles. The Labute approximate surface area is 111 Å². The summed E-state index contributed by atoms with van der Waals surface area (Å²) in [5, 5.41) is 9.18. The first-order chi connectivity index (χ1) is 9.11. The molecule has 1 N–H and O–H groups in total. The van der Waals surface area contributed by atoms with Gasteiger partial charge in [-0.05, 0) is 5.56 Å². The number of likely N-dealkylation sites (tertiary alicyclic amines) is 1. The van der Waals surface area contributed by atoms with Crippen LogP contribution in [0.4, 0.5) is 0 Å². The number of ether oxygens (including phenoxy) is 1. The summed E-state index contributed by atoms with van der Waals surface area (Å²) in [4.78, 5) is 24.8. The van der Waals surface area contributed by atoms with Crippen LogP contribution in [0.1, 0.15) is 5.56 Å². The molecule has 1 saturated heterocycles. The summed E-state index contributed by atoms with van der Waals surface area (Å²) < 4.78 is 4.68. The quantitative estimate of drug-likeness (QED) is 0.821. The second kappa shape index (κ2) is 5.84. The zero-order chi connectivity index (χ0) is 13.8. The van der Waals surface area contributed by atoms with Gasteiger partial charge < -0.3 is 9.84 Å². The van der Waals surface area contributed by atoms with E-state index >= 15 is 0 Å². The number of hydrogen-bond acceptors (Lipinski definition) is 4. The van der Waals surface area contributed by atoms with Crippen molar-refractivity contribution in [2.24, 2.45) is 11.8 Å². The van der Waals surface area contributed by atoms with Crippen molar-refractivity contribution >= 4 is 11.9 Å². The Hall–Kier alpha value is -1.88. The smallest absolute Gasteiger partial charge is 0.310 e. The van der Waals surface area contributed by atoms with Crippen LogP contribution in [0.2, 0.25) is 0 Å². The maximum atomic E-state index is 11.6. The number of rotatable bonds is 4. The van der Waals surface area contributed by atoms with Crippen molar-refractivity contribution in [3.8, 4) is 0 Å². The van der Waals surface area contributed by atoms with Crippen LogP contribution in [0.3, 0.4) is 0 Å². The summed E-state index contributed by atoms with van der Waals surface area (Å²) >= 11 is 0. The summed E-state index contributed by atoms with van der Waals surface area (Å²) in [6.45, 7) is 1.46. The maximum absolute atomic E-state index is 11.6. The molecule has 0 unspecified atom stereocenters. The van der Waals surface area contributed by atoms with E-state index in [1.54, 1.807) is 0 Å². The molecule has 0 amide bonds. The third-order valence-corrected chi connectivity index (χ3v) is 3.47. The molecule has 102 valence electrons. The molecule has 2 rings (SSSR count). The number of hydrogen-bond donors (Lipinski definition) is 1. The molecule has 5 heteroatoms. The van der Waals surface area contributed by atoms with E-state index in [4.69, 9.17) is 0 Å². The predicted molar refractivity (Wildman–Crippen MR) is 68.4 cm³/mol. The molecule has 0 saturated carbocycles. The van der Waals surface area contributed by atoms with Crippen LogP contribution in [0.15, 0.2) is 30.3 Å². The highest BCUT2D eigenvalue weighted by Gasteiger charge is 2.42. The Morgan fingerprint density at radius 2 is 1.89 bits per heavy atom. The van der Waals surface area contributed by atoms with Gasteiger partial charge in [-0.25, -0.2) is 0 Å². The van der Waals surface area contributed by atoms with Crippen molar-refractivity contribution < 1.29 is 19.4 Å². The normalized spacial score (nSPS) is 23.2. The minimum atomic E-state index is -0.939. The number of carbonyl (C=O) groups is 2. The molecular weight excluding hydrogens is 246 g/mol. The van der Waals surface area contributed by atoms with Crippen molar-refractivity contribution in [1.82, 2.24) is 4.90 Å². The molecular formula is C14H17NO4. The molecule has 0 spiro atoms. The van der Waals surface area contributed by atoms with E-state index in [-0.39, 0.29) is 0 Å². The molecule has 0 aliphatic carbocycles. The lowest BCUT2D eigenvalue weighted by atomic mass is 9.97. The van der Waals surface area contributed by atoms with Crippen molar-refractivity contribution in [3.63, 3.8) is 0 Å². The number of aliphatic carboxylic acids is 1. The van der Waals surface area contributed by atoms with Crippen LogP contribution in [-0.2, 0) is 20.9 Å². The molecule has 1 fully saturated rings. The second-order valence-electron chi connectivity index (χ2n) is 4.75. The number of methoxy groups -OCH3 is 1. The number of nitrogens with zero attached hydrogens (tertiary/aromatic N) is 1. The van der Waals surface area contributed by atoms with Crippen molar-refractivity contribution in [2.45, 2.75) is 6.54 Å². The molecule has 5 nitrogen and oxygen atoms in total. The zero-order valence-electron chi connectivity index (χ0n) is 10.8. The fourth-order valence-corrected chi connectivity index (χ4v) is 2.50. The van der Waals surface area contributed by atoms with E-state index in [2.05, 4.69) is 4.74 Å². The van der Waals surface area contributed by atoms with E-state index in [0.717, 1.165) is 5.56 Å². The largest absolute Gasteiger partial charge is 0.481 e. The number of carboxylic acids is 1. The molecule has 19 heavy (non-hydrogen) atoms. The molecule has 1 heterocycles. The lowest BCUT2D eigenvalue weighted by molar-refractivity contribution is -0.153. The van der Waals surface area contributed by atoms with Gasteiger partial charge in [0.1, 0.15) is 0 Å². The molecule has 0 aromatic heterocycles. The van der Waals surface area contributed by atoms with Gasteiger partial charge in [-0.2, -0.15) is 0 Å². The summed E-state index contributed by atoms with van der Waals surface area (Å²) in [6, 6.07) is 9.79. The predicted octanol–water partition coefficient (Wildman–Crippen LogP) is 0.992. The van der Waals surface area contributed by atoms with Gasteiger partial charge in [-0.1, -0.05) is 30.3 Å².